The largest absolute Gasteiger partial charge is 0.394 e. The molecule has 1 amide bonds. The Labute approximate surface area is 105 Å². The Morgan fingerprint density at radius 1 is 1.47 bits per heavy atom. The monoisotopic (exact) mass is 256 g/mol. The van der Waals surface area contributed by atoms with Gasteiger partial charge in [-0.1, -0.05) is 30.9 Å². The van der Waals surface area contributed by atoms with Gasteiger partial charge in [0.05, 0.1) is 17.2 Å². The first kappa shape index (κ1) is 12.5. The summed E-state index contributed by atoms with van der Waals surface area (Å²) in [6.45, 7) is -0.00677. The first-order valence-electron chi connectivity index (χ1n) is 5.92. The van der Waals surface area contributed by atoms with Crippen LogP contribution in [0.15, 0.2) is 12.3 Å². The van der Waals surface area contributed by atoms with Crippen molar-refractivity contribution < 1.29 is 9.90 Å². The van der Waals surface area contributed by atoms with E-state index in [1.165, 1.54) is 6.42 Å². The molecule has 0 atom stereocenters. The highest BCUT2D eigenvalue weighted by molar-refractivity contribution is 6.30. The summed E-state index contributed by atoms with van der Waals surface area (Å²) in [5.74, 6) is -0.201. The van der Waals surface area contributed by atoms with Crippen LogP contribution in [0.25, 0.3) is 0 Å². The molecule has 1 aromatic heterocycles. The average Bonchev–Trinajstić information content (AvgIpc) is 2.77. The third kappa shape index (κ3) is 2.82. The van der Waals surface area contributed by atoms with Crippen LogP contribution in [-0.4, -0.2) is 28.1 Å². The van der Waals surface area contributed by atoms with E-state index in [-0.39, 0.29) is 12.5 Å². The summed E-state index contributed by atoms with van der Waals surface area (Å²) < 4.78 is 0. The molecule has 1 aliphatic carbocycles. The lowest BCUT2D eigenvalue weighted by Gasteiger charge is -2.36. The number of nitrogens with one attached hydrogen (secondary N) is 2. The van der Waals surface area contributed by atoms with Crippen molar-refractivity contribution in [1.29, 1.82) is 0 Å². The zero-order valence-electron chi connectivity index (χ0n) is 9.63. The van der Waals surface area contributed by atoms with E-state index in [4.69, 9.17) is 11.6 Å². The van der Waals surface area contributed by atoms with Crippen LogP contribution in [0.3, 0.4) is 0 Å². The molecule has 0 aliphatic heterocycles. The van der Waals surface area contributed by atoms with E-state index in [0.717, 1.165) is 25.7 Å². The van der Waals surface area contributed by atoms with Gasteiger partial charge in [0, 0.05) is 6.20 Å². The van der Waals surface area contributed by atoms with Crippen molar-refractivity contribution >= 4 is 17.5 Å². The molecule has 5 heteroatoms. The van der Waals surface area contributed by atoms with Crippen LogP contribution in [0.5, 0.6) is 0 Å². The summed E-state index contributed by atoms with van der Waals surface area (Å²) in [5.41, 5.74) is -0.0131. The number of carbonyl (C=O) groups excluding carboxylic acids is 1. The molecule has 0 aromatic carbocycles. The van der Waals surface area contributed by atoms with Gasteiger partial charge in [-0.15, -0.1) is 0 Å². The number of H-pyrrole nitrogens is 1. The Hall–Kier alpha value is -1.00. The normalized spacial score (nSPS) is 18.9. The van der Waals surface area contributed by atoms with Crippen LogP contribution in [0, 0.1) is 0 Å². The number of hydrogen-bond donors (Lipinski definition) is 3. The predicted molar refractivity (Wildman–Crippen MR) is 66.2 cm³/mol. The summed E-state index contributed by atoms with van der Waals surface area (Å²) in [6.07, 6.45) is 6.51. The highest BCUT2D eigenvalue weighted by Crippen LogP contribution is 2.28. The maximum Gasteiger partial charge on any atom is 0.268 e. The number of halogens is 1. The minimum Gasteiger partial charge on any atom is -0.394 e. The maximum atomic E-state index is 12.0. The molecule has 0 unspecified atom stereocenters. The van der Waals surface area contributed by atoms with E-state index >= 15 is 0 Å². The summed E-state index contributed by atoms with van der Waals surface area (Å²) in [4.78, 5) is 14.8. The SMILES string of the molecule is O=C(NC1(CO)CCCCC1)c1cc(Cl)c[nH]1. The number of aliphatic hydroxyl groups excluding tert-OH is 1. The molecule has 0 saturated heterocycles. The quantitative estimate of drug-likeness (QED) is 0.775. The molecular formula is C12H17ClN2O2. The van der Waals surface area contributed by atoms with E-state index in [2.05, 4.69) is 10.3 Å². The van der Waals surface area contributed by atoms with Crippen LogP contribution >= 0.6 is 11.6 Å². The second-order valence-electron chi connectivity index (χ2n) is 4.68. The number of amides is 1. The number of carbonyl (C=O) groups is 1. The summed E-state index contributed by atoms with van der Waals surface area (Å²) >= 11 is 5.76. The Balaban J connectivity index is 2.05. The van der Waals surface area contributed by atoms with E-state index < -0.39 is 5.54 Å². The van der Waals surface area contributed by atoms with Crippen LogP contribution in [-0.2, 0) is 0 Å². The van der Waals surface area contributed by atoms with Crippen molar-refractivity contribution in [2.45, 2.75) is 37.6 Å². The zero-order chi connectivity index (χ0) is 12.3. The molecule has 1 heterocycles. The second-order valence-corrected chi connectivity index (χ2v) is 5.12. The Morgan fingerprint density at radius 2 is 2.18 bits per heavy atom. The molecule has 4 nitrogen and oxygen atoms in total. The predicted octanol–water partition coefficient (Wildman–Crippen LogP) is 2.09. The molecule has 0 bridgehead atoms. The van der Waals surface area contributed by atoms with Gasteiger partial charge in [-0.25, -0.2) is 0 Å². The van der Waals surface area contributed by atoms with E-state index in [0.29, 0.717) is 10.7 Å². The van der Waals surface area contributed by atoms with Gasteiger partial charge >= 0.3 is 0 Å². The lowest BCUT2D eigenvalue weighted by atomic mass is 9.82. The van der Waals surface area contributed by atoms with Crippen molar-refractivity contribution in [3.05, 3.63) is 23.0 Å². The summed E-state index contributed by atoms with van der Waals surface area (Å²) in [7, 11) is 0. The van der Waals surface area contributed by atoms with Crippen LogP contribution in [0.1, 0.15) is 42.6 Å². The van der Waals surface area contributed by atoms with Crippen molar-refractivity contribution in [2.75, 3.05) is 6.61 Å². The van der Waals surface area contributed by atoms with Crippen molar-refractivity contribution in [2.24, 2.45) is 0 Å². The van der Waals surface area contributed by atoms with Gasteiger partial charge in [0.2, 0.25) is 0 Å². The molecule has 1 aromatic rings. The van der Waals surface area contributed by atoms with Crippen molar-refractivity contribution in [3.8, 4) is 0 Å². The highest BCUT2D eigenvalue weighted by atomic mass is 35.5. The summed E-state index contributed by atoms with van der Waals surface area (Å²) in [5, 5.41) is 12.9. The number of aliphatic hydroxyl groups is 1. The minimum atomic E-state index is -0.451. The maximum absolute atomic E-state index is 12.0. The third-order valence-corrected chi connectivity index (χ3v) is 3.60. The topological polar surface area (TPSA) is 65.1 Å². The fourth-order valence-corrected chi connectivity index (χ4v) is 2.52. The fourth-order valence-electron chi connectivity index (χ4n) is 2.36. The van der Waals surface area contributed by atoms with Crippen LogP contribution < -0.4 is 5.32 Å². The molecule has 3 N–H and O–H groups in total. The Kier molecular flexibility index (Phi) is 3.74. The van der Waals surface area contributed by atoms with Gasteiger partial charge in [0.25, 0.3) is 5.91 Å². The van der Waals surface area contributed by atoms with E-state index in [1.807, 2.05) is 0 Å². The molecule has 94 valence electrons. The van der Waals surface area contributed by atoms with E-state index in [1.54, 1.807) is 12.3 Å². The molecular weight excluding hydrogens is 240 g/mol. The molecule has 0 spiro atoms. The zero-order valence-corrected chi connectivity index (χ0v) is 10.4. The number of rotatable bonds is 3. The van der Waals surface area contributed by atoms with Gasteiger partial charge in [-0.3, -0.25) is 4.79 Å². The highest BCUT2D eigenvalue weighted by Gasteiger charge is 2.33. The molecule has 2 rings (SSSR count). The molecule has 1 fully saturated rings. The molecule has 17 heavy (non-hydrogen) atoms. The van der Waals surface area contributed by atoms with Crippen molar-refractivity contribution in [1.82, 2.24) is 10.3 Å². The van der Waals surface area contributed by atoms with Gasteiger partial charge in [-0.2, -0.15) is 0 Å². The van der Waals surface area contributed by atoms with Crippen molar-refractivity contribution in [3.63, 3.8) is 0 Å². The fraction of sp³-hybridized carbons (Fsp3) is 0.583. The van der Waals surface area contributed by atoms with Gasteiger partial charge in [0.1, 0.15) is 5.69 Å². The van der Waals surface area contributed by atoms with Gasteiger partial charge in [-0.05, 0) is 18.9 Å². The average molecular weight is 257 g/mol. The second kappa shape index (κ2) is 5.10. The van der Waals surface area contributed by atoms with Crippen LogP contribution in [0.4, 0.5) is 0 Å². The third-order valence-electron chi connectivity index (χ3n) is 3.38. The van der Waals surface area contributed by atoms with Gasteiger partial charge < -0.3 is 15.4 Å². The van der Waals surface area contributed by atoms with Crippen LogP contribution in [0.2, 0.25) is 5.02 Å². The lowest BCUT2D eigenvalue weighted by Crippen LogP contribution is -2.52. The first-order chi connectivity index (χ1) is 8.15. The van der Waals surface area contributed by atoms with Gasteiger partial charge in [0.15, 0.2) is 0 Å². The smallest absolute Gasteiger partial charge is 0.268 e. The molecule has 1 saturated carbocycles. The first-order valence-corrected chi connectivity index (χ1v) is 6.30. The Morgan fingerprint density at radius 3 is 2.71 bits per heavy atom. The molecule has 0 radical (unpaired) electrons. The molecule has 1 aliphatic rings. The lowest BCUT2D eigenvalue weighted by molar-refractivity contribution is 0.0754. The summed E-state index contributed by atoms with van der Waals surface area (Å²) in [6, 6.07) is 1.59. The van der Waals surface area contributed by atoms with E-state index in [9.17, 15) is 9.90 Å². The minimum absolute atomic E-state index is 0.00677. The number of aromatic nitrogens is 1. The Bertz CT molecular complexity index is 397. The number of hydrogen-bond acceptors (Lipinski definition) is 2. The standard InChI is InChI=1S/C12H17ClN2O2/c13-9-6-10(14-7-9)11(17)15-12(8-16)4-2-1-3-5-12/h6-7,14,16H,1-5,8H2,(H,15,17). The number of aromatic amines is 1.